The molecule has 0 aromatic heterocycles. The third kappa shape index (κ3) is 5.37. The third-order valence-electron chi connectivity index (χ3n) is 4.64. The summed E-state index contributed by atoms with van der Waals surface area (Å²) in [4.78, 5) is 0.132. The Labute approximate surface area is 160 Å². The van der Waals surface area contributed by atoms with E-state index in [0.29, 0.717) is 5.92 Å². The van der Waals surface area contributed by atoms with Crippen molar-refractivity contribution in [3.05, 3.63) is 83.7 Å². The van der Waals surface area contributed by atoms with Gasteiger partial charge in [-0.15, -0.1) is 0 Å². The first-order valence-corrected chi connectivity index (χ1v) is 10.4. The van der Waals surface area contributed by atoms with Crippen LogP contribution in [0, 0.1) is 18.7 Å². The van der Waals surface area contributed by atoms with E-state index in [9.17, 15) is 12.8 Å². The zero-order valence-electron chi connectivity index (χ0n) is 15.3. The van der Waals surface area contributed by atoms with E-state index in [1.165, 1.54) is 24.3 Å². The van der Waals surface area contributed by atoms with Crippen LogP contribution in [-0.2, 0) is 14.3 Å². The van der Waals surface area contributed by atoms with Crippen LogP contribution in [0.15, 0.2) is 71.7 Å². The standard InChI is InChI=1S/C22H23FO3S/c1-17-7-13-22(14-8-17)27(24,25)26-16-20(15-18-5-3-2-4-6-18)19-9-11-21(23)12-10-19/h2-3,7-15,18H,4-6,16H2,1H3. The van der Waals surface area contributed by atoms with E-state index in [1.54, 1.807) is 24.3 Å². The first-order chi connectivity index (χ1) is 12.9. The quantitative estimate of drug-likeness (QED) is 0.501. The number of hydrogen-bond acceptors (Lipinski definition) is 3. The number of halogens is 1. The zero-order chi connectivity index (χ0) is 19.3. The molecule has 0 bridgehead atoms. The first-order valence-electron chi connectivity index (χ1n) is 9.02. The molecule has 0 radical (unpaired) electrons. The van der Waals surface area contributed by atoms with Crippen LogP contribution in [0.25, 0.3) is 5.57 Å². The molecule has 1 aliphatic carbocycles. The van der Waals surface area contributed by atoms with Crippen molar-refractivity contribution in [3.63, 3.8) is 0 Å². The molecule has 142 valence electrons. The summed E-state index contributed by atoms with van der Waals surface area (Å²) in [6.45, 7) is 1.81. The van der Waals surface area contributed by atoms with Crippen LogP contribution in [0.2, 0.25) is 0 Å². The Morgan fingerprint density at radius 1 is 1.11 bits per heavy atom. The van der Waals surface area contributed by atoms with Gasteiger partial charge in [-0.3, -0.25) is 4.18 Å². The third-order valence-corrected chi connectivity index (χ3v) is 5.92. The lowest BCUT2D eigenvalue weighted by molar-refractivity contribution is 0.362. The summed E-state index contributed by atoms with van der Waals surface area (Å²) in [7, 11) is -3.86. The molecule has 0 saturated heterocycles. The maximum absolute atomic E-state index is 13.3. The van der Waals surface area contributed by atoms with E-state index in [0.717, 1.165) is 36.0 Å². The van der Waals surface area contributed by atoms with E-state index in [-0.39, 0.29) is 17.3 Å². The number of allylic oxidation sites excluding steroid dienone is 3. The van der Waals surface area contributed by atoms with Gasteiger partial charge in [0.15, 0.2) is 0 Å². The monoisotopic (exact) mass is 386 g/mol. The average molecular weight is 386 g/mol. The van der Waals surface area contributed by atoms with Crippen LogP contribution in [0.5, 0.6) is 0 Å². The molecule has 0 N–H and O–H groups in total. The number of rotatable bonds is 6. The highest BCUT2D eigenvalue weighted by molar-refractivity contribution is 7.86. The predicted octanol–water partition coefficient (Wildman–Crippen LogP) is 5.28. The molecule has 3 nitrogen and oxygen atoms in total. The van der Waals surface area contributed by atoms with Gasteiger partial charge in [-0.1, -0.05) is 48.1 Å². The van der Waals surface area contributed by atoms with Gasteiger partial charge in [0.1, 0.15) is 5.82 Å². The van der Waals surface area contributed by atoms with Crippen molar-refractivity contribution in [3.8, 4) is 0 Å². The van der Waals surface area contributed by atoms with Gasteiger partial charge in [0, 0.05) is 0 Å². The molecule has 0 amide bonds. The van der Waals surface area contributed by atoms with Crippen molar-refractivity contribution in [2.45, 2.75) is 31.1 Å². The SMILES string of the molecule is Cc1ccc(S(=O)(=O)OCC(=CC2CC=CCC2)c2ccc(F)cc2)cc1. The molecular weight excluding hydrogens is 363 g/mol. The van der Waals surface area contributed by atoms with Gasteiger partial charge in [0.25, 0.3) is 10.1 Å². The van der Waals surface area contributed by atoms with Gasteiger partial charge in [0.2, 0.25) is 0 Å². The Bertz CT molecular complexity index is 927. The summed E-state index contributed by atoms with van der Waals surface area (Å²) in [5, 5.41) is 0. The lowest BCUT2D eigenvalue weighted by atomic mass is 9.91. The highest BCUT2D eigenvalue weighted by atomic mass is 32.2. The van der Waals surface area contributed by atoms with E-state index in [2.05, 4.69) is 18.2 Å². The molecule has 0 heterocycles. The smallest absolute Gasteiger partial charge is 0.262 e. The Balaban J connectivity index is 1.82. The Morgan fingerprint density at radius 3 is 2.44 bits per heavy atom. The summed E-state index contributed by atoms with van der Waals surface area (Å²) < 4.78 is 43.6. The molecule has 27 heavy (non-hydrogen) atoms. The molecule has 1 atom stereocenters. The lowest BCUT2D eigenvalue weighted by Crippen LogP contribution is -2.10. The fourth-order valence-corrected chi connectivity index (χ4v) is 3.95. The molecule has 1 aliphatic rings. The van der Waals surface area contributed by atoms with Crippen LogP contribution in [0.4, 0.5) is 4.39 Å². The van der Waals surface area contributed by atoms with Crippen LogP contribution < -0.4 is 0 Å². The molecule has 0 fully saturated rings. The van der Waals surface area contributed by atoms with E-state index in [4.69, 9.17) is 4.18 Å². The van der Waals surface area contributed by atoms with Crippen molar-refractivity contribution in [1.29, 1.82) is 0 Å². The molecule has 3 rings (SSSR count). The van der Waals surface area contributed by atoms with Crippen molar-refractivity contribution in [2.24, 2.45) is 5.92 Å². The predicted molar refractivity (Wildman–Crippen MR) is 105 cm³/mol. The number of hydrogen-bond donors (Lipinski definition) is 0. The second kappa shape index (κ2) is 8.63. The van der Waals surface area contributed by atoms with Gasteiger partial charge in [-0.05, 0) is 67.5 Å². The van der Waals surface area contributed by atoms with Crippen molar-refractivity contribution >= 4 is 15.7 Å². The fraction of sp³-hybridized carbons (Fsp3) is 0.273. The first kappa shape index (κ1) is 19.5. The summed E-state index contributed by atoms with van der Waals surface area (Å²) in [5.41, 5.74) is 2.50. The summed E-state index contributed by atoms with van der Waals surface area (Å²) >= 11 is 0. The summed E-state index contributed by atoms with van der Waals surface area (Å²) in [6.07, 6.45) is 9.26. The van der Waals surface area contributed by atoms with Crippen LogP contribution in [0.1, 0.15) is 30.4 Å². The van der Waals surface area contributed by atoms with Crippen molar-refractivity contribution < 1.29 is 17.0 Å². The van der Waals surface area contributed by atoms with E-state index < -0.39 is 10.1 Å². The van der Waals surface area contributed by atoms with E-state index in [1.807, 2.05) is 6.92 Å². The molecule has 0 saturated carbocycles. The highest BCUT2D eigenvalue weighted by Crippen LogP contribution is 2.26. The summed E-state index contributed by atoms with van der Waals surface area (Å²) in [6, 6.07) is 12.6. The molecular formula is C22H23FO3S. The average Bonchev–Trinajstić information content (AvgIpc) is 2.67. The van der Waals surface area contributed by atoms with Gasteiger partial charge in [0.05, 0.1) is 11.5 Å². The number of benzene rings is 2. The zero-order valence-corrected chi connectivity index (χ0v) is 16.1. The normalized spacial score (nSPS) is 17.9. The maximum Gasteiger partial charge on any atom is 0.297 e. The molecule has 0 spiro atoms. The minimum absolute atomic E-state index is 0.0813. The molecule has 5 heteroatoms. The Morgan fingerprint density at radius 2 is 1.81 bits per heavy atom. The minimum atomic E-state index is -3.86. The number of aryl methyl sites for hydroxylation is 1. The minimum Gasteiger partial charge on any atom is -0.262 e. The van der Waals surface area contributed by atoms with Gasteiger partial charge in [-0.2, -0.15) is 8.42 Å². The Hall–Kier alpha value is -2.24. The van der Waals surface area contributed by atoms with Gasteiger partial charge < -0.3 is 0 Å². The van der Waals surface area contributed by atoms with Crippen LogP contribution in [-0.4, -0.2) is 15.0 Å². The summed E-state index contributed by atoms with van der Waals surface area (Å²) in [5.74, 6) is -0.00683. The fourth-order valence-electron chi connectivity index (χ4n) is 3.06. The van der Waals surface area contributed by atoms with E-state index >= 15 is 0 Å². The molecule has 2 aromatic carbocycles. The highest BCUT2D eigenvalue weighted by Gasteiger charge is 2.17. The van der Waals surface area contributed by atoms with Crippen LogP contribution >= 0.6 is 0 Å². The maximum atomic E-state index is 13.3. The van der Waals surface area contributed by atoms with Gasteiger partial charge in [-0.25, -0.2) is 4.39 Å². The lowest BCUT2D eigenvalue weighted by Gasteiger charge is -2.17. The molecule has 1 unspecified atom stereocenters. The van der Waals surface area contributed by atoms with Gasteiger partial charge >= 0.3 is 0 Å². The molecule has 0 aliphatic heterocycles. The van der Waals surface area contributed by atoms with Crippen LogP contribution in [0.3, 0.4) is 0 Å². The second-order valence-corrected chi connectivity index (χ2v) is 8.39. The second-order valence-electron chi connectivity index (χ2n) is 6.77. The molecule has 2 aromatic rings. The Kier molecular flexibility index (Phi) is 6.24. The van der Waals surface area contributed by atoms with Crippen molar-refractivity contribution in [1.82, 2.24) is 0 Å². The topological polar surface area (TPSA) is 43.4 Å². The largest absolute Gasteiger partial charge is 0.297 e. The van der Waals surface area contributed by atoms with Crippen molar-refractivity contribution in [2.75, 3.05) is 6.61 Å².